The Labute approximate surface area is 127 Å². The van der Waals surface area contributed by atoms with Crippen LogP contribution in [-0.2, 0) is 13.0 Å². The lowest BCUT2D eigenvalue weighted by Gasteiger charge is -2.08. The molecule has 1 heterocycles. The van der Waals surface area contributed by atoms with Gasteiger partial charge in [0.05, 0.1) is 0 Å². The second-order valence-corrected chi connectivity index (χ2v) is 5.02. The fourth-order valence-electron chi connectivity index (χ4n) is 2.39. The Balaban J connectivity index is 1.87. The second kappa shape index (κ2) is 6.02. The number of rotatable bonds is 4. The van der Waals surface area contributed by atoms with E-state index in [2.05, 4.69) is 0 Å². The SMILES string of the molecule is CCc1cc(=O)oc2cc(OCc3cccc(F)c3)ccc12. The van der Waals surface area contributed by atoms with Crippen molar-refractivity contribution in [3.8, 4) is 5.75 Å². The minimum atomic E-state index is -0.369. The maximum absolute atomic E-state index is 13.1. The molecule has 0 spiro atoms. The van der Waals surface area contributed by atoms with Gasteiger partial charge < -0.3 is 9.15 Å². The van der Waals surface area contributed by atoms with Gasteiger partial charge in [-0.3, -0.25) is 0 Å². The zero-order valence-corrected chi connectivity index (χ0v) is 12.1. The Morgan fingerprint density at radius 3 is 2.77 bits per heavy atom. The highest BCUT2D eigenvalue weighted by Crippen LogP contribution is 2.23. The van der Waals surface area contributed by atoms with E-state index in [-0.39, 0.29) is 18.0 Å². The normalized spacial score (nSPS) is 10.8. The molecule has 22 heavy (non-hydrogen) atoms. The Hall–Kier alpha value is -2.62. The predicted molar refractivity (Wildman–Crippen MR) is 82.6 cm³/mol. The van der Waals surface area contributed by atoms with Gasteiger partial charge in [-0.1, -0.05) is 19.1 Å². The molecule has 0 saturated heterocycles. The lowest BCUT2D eigenvalue weighted by molar-refractivity contribution is 0.305. The van der Waals surface area contributed by atoms with Gasteiger partial charge >= 0.3 is 5.63 Å². The molecule has 0 aliphatic heterocycles. The van der Waals surface area contributed by atoms with Gasteiger partial charge in [-0.25, -0.2) is 9.18 Å². The third kappa shape index (κ3) is 3.01. The van der Waals surface area contributed by atoms with Crippen LogP contribution in [0.4, 0.5) is 4.39 Å². The van der Waals surface area contributed by atoms with Crippen molar-refractivity contribution in [1.29, 1.82) is 0 Å². The Morgan fingerprint density at radius 1 is 1.14 bits per heavy atom. The molecule has 0 atom stereocenters. The van der Waals surface area contributed by atoms with Crippen molar-refractivity contribution >= 4 is 11.0 Å². The van der Waals surface area contributed by atoms with Gasteiger partial charge in [-0.05, 0) is 41.8 Å². The van der Waals surface area contributed by atoms with E-state index in [1.807, 2.05) is 19.1 Å². The highest BCUT2D eigenvalue weighted by atomic mass is 19.1. The van der Waals surface area contributed by atoms with Crippen LogP contribution in [0.2, 0.25) is 0 Å². The second-order valence-electron chi connectivity index (χ2n) is 5.02. The molecule has 0 aliphatic carbocycles. The van der Waals surface area contributed by atoms with Crippen LogP contribution < -0.4 is 10.4 Å². The van der Waals surface area contributed by atoms with Gasteiger partial charge in [-0.15, -0.1) is 0 Å². The van der Waals surface area contributed by atoms with Crippen LogP contribution in [-0.4, -0.2) is 0 Å². The van der Waals surface area contributed by atoms with E-state index < -0.39 is 0 Å². The summed E-state index contributed by atoms with van der Waals surface area (Å²) in [4.78, 5) is 11.5. The Morgan fingerprint density at radius 2 is 2.00 bits per heavy atom. The smallest absolute Gasteiger partial charge is 0.336 e. The van der Waals surface area contributed by atoms with Crippen LogP contribution in [0.3, 0.4) is 0 Å². The number of halogens is 1. The lowest BCUT2D eigenvalue weighted by atomic mass is 10.1. The molecular weight excluding hydrogens is 283 g/mol. The first-order valence-corrected chi connectivity index (χ1v) is 7.10. The standard InChI is InChI=1S/C18H15FO3/c1-2-13-9-18(20)22-17-10-15(6-7-16(13)17)21-11-12-4-3-5-14(19)8-12/h3-10H,2,11H2,1H3. The van der Waals surface area contributed by atoms with E-state index >= 15 is 0 Å². The average molecular weight is 298 g/mol. The van der Waals surface area contributed by atoms with Crippen LogP contribution in [0.5, 0.6) is 5.75 Å². The fourth-order valence-corrected chi connectivity index (χ4v) is 2.39. The summed E-state index contributed by atoms with van der Waals surface area (Å²) in [6.07, 6.45) is 0.756. The monoisotopic (exact) mass is 298 g/mol. The van der Waals surface area contributed by atoms with Crippen molar-refractivity contribution in [2.24, 2.45) is 0 Å². The maximum Gasteiger partial charge on any atom is 0.336 e. The molecule has 2 aromatic carbocycles. The summed E-state index contributed by atoms with van der Waals surface area (Å²) in [5.74, 6) is 0.284. The Bertz CT molecular complexity index is 868. The van der Waals surface area contributed by atoms with Crippen LogP contribution in [0.15, 0.2) is 57.7 Å². The highest BCUT2D eigenvalue weighted by Gasteiger charge is 2.06. The maximum atomic E-state index is 13.1. The highest BCUT2D eigenvalue weighted by molar-refractivity contribution is 5.81. The van der Waals surface area contributed by atoms with Crippen LogP contribution in [0, 0.1) is 5.82 Å². The van der Waals surface area contributed by atoms with Crippen molar-refractivity contribution in [3.05, 3.63) is 75.9 Å². The number of fused-ring (bicyclic) bond motifs is 1. The number of hydrogen-bond donors (Lipinski definition) is 0. The van der Waals surface area contributed by atoms with Gasteiger partial charge in [0.15, 0.2) is 0 Å². The summed E-state index contributed by atoms with van der Waals surface area (Å²) in [5, 5.41) is 0.903. The number of hydrogen-bond acceptors (Lipinski definition) is 3. The third-order valence-corrected chi connectivity index (χ3v) is 3.48. The molecule has 4 heteroatoms. The Kier molecular flexibility index (Phi) is 3.92. The molecule has 0 unspecified atom stereocenters. The third-order valence-electron chi connectivity index (χ3n) is 3.48. The van der Waals surface area contributed by atoms with Gasteiger partial charge in [0, 0.05) is 17.5 Å². The fraction of sp³-hybridized carbons (Fsp3) is 0.167. The first kappa shape index (κ1) is 14.3. The molecule has 3 rings (SSSR count). The van der Waals surface area contributed by atoms with E-state index in [0.717, 1.165) is 22.9 Å². The quantitative estimate of drug-likeness (QED) is 0.681. The number of ether oxygens (including phenoxy) is 1. The first-order chi connectivity index (χ1) is 10.7. The molecule has 0 amide bonds. The molecule has 3 nitrogen and oxygen atoms in total. The largest absolute Gasteiger partial charge is 0.489 e. The minimum Gasteiger partial charge on any atom is -0.489 e. The molecule has 0 bridgehead atoms. The molecule has 0 N–H and O–H groups in total. The summed E-state index contributed by atoms with van der Waals surface area (Å²) in [7, 11) is 0. The van der Waals surface area contributed by atoms with Crippen molar-refractivity contribution < 1.29 is 13.5 Å². The van der Waals surface area contributed by atoms with Crippen LogP contribution >= 0.6 is 0 Å². The molecule has 0 saturated carbocycles. The minimum absolute atomic E-state index is 0.251. The summed E-state index contributed by atoms with van der Waals surface area (Å²) in [6, 6.07) is 13.1. The van der Waals surface area contributed by atoms with Crippen LogP contribution in [0.1, 0.15) is 18.1 Å². The van der Waals surface area contributed by atoms with Crippen LogP contribution in [0.25, 0.3) is 11.0 Å². The predicted octanol–water partition coefficient (Wildman–Crippen LogP) is 4.07. The summed E-state index contributed by atoms with van der Waals surface area (Å²) in [5.41, 5.74) is 1.82. The molecule has 0 fully saturated rings. The zero-order chi connectivity index (χ0) is 15.5. The molecular formula is C18H15FO3. The summed E-state index contributed by atoms with van der Waals surface area (Å²) >= 11 is 0. The molecule has 0 aliphatic rings. The lowest BCUT2D eigenvalue weighted by Crippen LogP contribution is -2.00. The van der Waals surface area contributed by atoms with Gasteiger partial charge in [0.2, 0.25) is 0 Å². The van der Waals surface area contributed by atoms with Crippen molar-refractivity contribution in [1.82, 2.24) is 0 Å². The van der Waals surface area contributed by atoms with Gasteiger partial charge in [0.25, 0.3) is 0 Å². The van der Waals surface area contributed by atoms with Gasteiger partial charge in [0.1, 0.15) is 23.8 Å². The molecule has 3 aromatic rings. The van der Waals surface area contributed by atoms with E-state index in [1.54, 1.807) is 18.2 Å². The van der Waals surface area contributed by atoms with Gasteiger partial charge in [-0.2, -0.15) is 0 Å². The van der Waals surface area contributed by atoms with Crippen molar-refractivity contribution in [3.63, 3.8) is 0 Å². The van der Waals surface area contributed by atoms with E-state index in [1.165, 1.54) is 18.2 Å². The average Bonchev–Trinajstić information content (AvgIpc) is 2.51. The number of aryl methyl sites for hydroxylation is 1. The van der Waals surface area contributed by atoms with Crippen molar-refractivity contribution in [2.75, 3.05) is 0 Å². The summed E-state index contributed by atoms with van der Waals surface area (Å²) in [6.45, 7) is 2.24. The van der Waals surface area contributed by atoms with Crippen molar-refractivity contribution in [2.45, 2.75) is 20.0 Å². The number of benzene rings is 2. The topological polar surface area (TPSA) is 39.4 Å². The zero-order valence-electron chi connectivity index (χ0n) is 12.1. The summed E-state index contributed by atoms with van der Waals surface area (Å²) < 4.78 is 24.0. The van der Waals surface area contributed by atoms with E-state index in [0.29, 0.717) is 11.3 Å². The molecule has 112 valence electrons. The van der Waals surface area contributed by atoms with E-state index in [4.69, 9.17) is 9.15 Å². The molecule has 0 radical (unpaired) electrons. The first-order valence-electron chi connectivity index (χ1n) is 7.10. The molecule has 1 aromatic heterocycles. The van der Waals surface area contributed by atoms with E-state index in [9.17, 15) is 9.18 Å².